The highest BCUT2D eigenvalue weighted by atomic mass is 35.5. The van der Waals surface area contributed by atoms with Crippen LogP contribution in [0.2, 0.25) is 5.02 Å². The first-order chi connectivity index (χ1) is 20.5. The first kappa shape index (κ1) is 30.0. The number of amides is 2. The van der Waals surface area contributed by atoms with Gasteiger partial charge in [0.1, 0.15) is 6.61 Å². The van der Waals surface area contributed by atoms with Crippen LogP contribution in [0, 0.1) is 0 Å². The minimum Gasteiger partial charge on any atom is -0.493 e. The van der Waals surface area contributed by atoms with E-state index in [1.807, 2.05) is 55.5 Å². The number of rotatable bonds is 13. The summed E-state index contributed by atoms with van der Waals surface area (Å²) in [6.45, 7) is 2.36. The molecule has 0 aliphatic heterocycles. The van der Waals surface area contributed by atoms with Crippen molar-refractivity contribution in [1.82, 2.24) is 5.43 Å². The van der Waals surface area contributed by atoms with Crippen molar-refractivity contribution in [2.75, 3.05) is 25.6 Å². The average molecular weight is 588 g/mol. The number of carbonyl (C=O) groups excluding carboxylic acids is 2. The Balaban J connectivity index is 1.37. The van der Waals surface area contributed by atoms with E-state index in [4.69, 9.17) is 30.5 Å². The number of methoxy groups -OCH3 is 1. The van der Waals surface area contributed by atoms with Gasteiger partial charge in [0.05, 0.1) is 25.0 Å². The summed E-state index contributed by atoms with van der Waals surface area (Å²) in [5.41, 5.74) is 5.04. The summed E-state index contributed by atoms with van der Waals surface area (Å²) in [4.78, 5) is 25.0. The number of hydrazone groups is 1. The number of benzene rings is 4. The number of carbonyl (C=O) groups is 2. The molecule has 0 bridgehead atoms. The minimum atomic E-state index is -0.441. The predicted molar refractivity (Wildman–Crippen MR) is 162 cm³/mol. The summed E-state index contributed by atoms with van der Waals surface area (Å²) >= 11 is 6.41. The fraction of sp³-hybridized carbons (Fsp3) is 0.156. The van der Waals surface area contributed by atoms with Crippen LogP contribution in [0.3, 0.4) is 0 Å². The van der Waals surface area contributed by atoms with Crippen LogP contribution < -0.4 is 29.7 Å². The van der Waals surface area contributed by atoms with Gasteiger partial charge in [0.25, 0.3) is 11.8 Å². The Morgan fingerprint density at radius 2 is 1.60 bits per heavy atom. The van der Waals surface area contributed by atoms with E-state index in [2.05, 4.69) is 15.8 Å². The number of nitrogens with one attached hydrogen (secondary N) is 2. The van der Waals surface area contributed by atoms with E-state index in [-0.39, 0.29) is 23.3 Å². The van der Waals surface area contributed by atoms with E-state index in [1.54, 1.807) is 42.5 Å². The molecule has 4 aromatic carbocycles. The van der Waals surface area contributed by atoms with Gasteiger partial charge < -0.3 is 24.3 Å². The third kappa shape index (κ3) is 8.49. The Kier molecular flexibility index (Phi) is 10.8. The van der Waals surface area contributed by atoms with Crippen molar-refractivity contribution >= 4 is 35.3 Å². The molecule has 2 N–H and O–H groups in total. The Labute approximate surface area is 249 Å². The average Bonchev–Trinajstić information content (AvgIpc) is 3.00. The van der Waals surface area contributed by atoms with Crippen LogP contribution >= 0.6 is 11.6 Å². The third-order valence-electron chi connectivity index (χ3n) is 5.78. The number of halogens is 1. The lowest BCUT2D eigenvalue weighted by Crippen LogP contribution is -2.20. The molecule has 0 unspecified atom stereocenters. The molecule has 0 aliphatic carbocycles. The molecule has 42 heavy (non-hydrogen) atoms. The standard InChI is InChI=1S/C32H30ClN3O6/c1-3-40-28-18-24(14-15-27(28)41-20-22-10-6-4-7-11-22)32(38)36-34-19-23-16-26(33)31(29(17-23)39-2)42-21-30(37)35-25-12-8-5-9-13-25/h4-19H,3,20-21H2,1-2H3,(H,35,37)(H,36,38)/b34-19+. The molecule has 0 atom stereocenters. The maximum Gasteiger partial charge on any atom is 0.271 e. The zero-order valence-electron chi connectivity index (χ0n) is 23.1. The molecule has 0 saturated carbocycles. The summed E-state index contributed by atoms with van der Waals surface area (Å²) in [5, 5.41) is 6.99. The molecular weight excluding hydrogens is 558 g/mol. The van der Waals surface area contributed by atoms with Crippen LogP contribution in [0.1, 0.15) is 28.4 Å². The smallest absolute Gasteiger partial charge is 0.271 e. The maximum absolute atomic E-state index is 12.8. The summed E-state index contributed by atoms with van der Waals surface area (Å²) in [5.74, 6) is 0.703. The van der Waals surface area contributed by atoms with Crippen molar-refractivity contribution in [2.45, 2.75) is 13.5 Å². The molecule has 0 aliphatic rings. The highest BCUT2D eigenvalue weighted by molar-refractivity contribution is 6.32. The quantitative estimate of drug-likeness (QED) is 0.144. The van der Waals surface area contributed by atoms with E-state index < -0.39 is 5.91 Å². The second-order valence-corrected chi connectivity index (χ2v) is 9.21. The van der Waals surface area contributed by atoms with E-state index in [1.165, 1.54) is 13.3 Å². The lowest BCUT2D eigenvalue weighted by Gasteiger charge is -2.13. The second-order valence-electron chi connectivity index (χ2n) is 8.80. The van der Waals surface area contributed by atoms with Crippen molar-refractivity contribution in [1.29, 1.82) is 0 Å². The van der Waals surface area contributed by atoms with E-state index >= 15 is 0 Å². The zero-order valence-corrected chi connectivity index (χ0v) is 23.9. The molecule has 4 aromatic rings. The molecule has 0 radical (unpaired) electrons. The Hall–Kier alpha value is -5.02. The zero-order chi connectivity index (χ0) is 29.7. The monoisotopic (exact) mass is 587 g/mol. The second kappa shape index (κ2) is 15.1. The van der Waals surface area contributed by atoms with Crippen molar-refractivity contribution < 1.29 is 28.5 Å². The molecule has 4 rings (SSSR count). The first-order valence-corrected chi connectivity index (χ1v) is 13.5. The van der Waals surface area contributed by atoms with Crippen LogP contribution in [0.5, 0.6) is 23.0 Å². The largest absolute Gasteiger partial charge is 0.493 e. The first-order valence-electron chi connectivity index (χ1n) is 13.1. The normalized spacial score (nSPS) is 10.6. The van der Waals surface area contributed by atoms with Gasteiger partial charge in [-0.25, -0.2) is 5.43 Å². The number of hydrogen-bond acceptors (Lipinski definition) is 7. The fourth-order valence-corrected chi connectivity index (χ4v) is 4.09. The topological polar surface area (TPSA) is 107 Å². The molecular formula is C32H30ClN3O6. The SMILES string of the molecule is CCOc1cc(C(=O)N/N=C/c2cc(Cl)c(OCC(=O)Nc3ccccc3)c(OC)c2)ccc1OCc1ccccc1. The van der Waals surface area contributed by atoms with Gasteiger partial charge in [0.2, 0.25) is 0 Å². The lowest BCUT2D eigenvalue weighted by molar-refractivity contribution is -0.118. The van der Waals surface area contributed by atoms with E-state index in [0.717, 1.165) is 5.56 Å². The summed E-state index contributed by atoms with van der Waals surface area (Å²) in [7, 11) is 1.45. The van der Waals surface area contributed by atoms with Crippen LogP contribution in [0.4, 0.5) is 5.69 Å². The number of nitrogens with zero attached hydrogens (tertiary/aromatic N) is 1. The van der Waals surface area contributed by atoms with Gasteiger partial charge in [0, 0.05) is 11.3 Å². The molecule has 0 spiro atoms. The Morgan fingerprint density at radius 3 is 2.31 bits per heavy atom. The molecule has 0 saturated heterocycles. The van der Waals surface area contributed by atoms with Gasteiger partial charge in [0.15, 0.2) is 29.6 Å². The highest BCUT2D eigenvalue weighted by Gasteiger charge is 2.15. The van der Waals surface area contributed by atoms with E-state index in [0.29, 0.717) is 47.3 Å². The molecule has 0 aromatic heterocycles. The van der Waals surface area contributed by atoms with Crippen LogP contribution in [0.15, 0.2) is 96.1 Å². The third-order valence-corrected chi connectivity index (χ3v) is 6.06. The van der Waals surface area contributed by atoms with E-state index in [9.17, 15) is 9.59 Å². The van der Waals surface area contributed by atoms with Crippen molar-refractivity contribution in [2.24, 2.45) is 5.10 Å². The van der Waals surface area contributed by atoms with Gasteiger partial charge in [-0.2, -0.15) is 5.10 Å². The maximum atomic E-state index is 12.8. The van der Waals surface area contributed by atoms with Gasteiger partial charge in [-0.15, -0.1) is 0 Å². The highest BCUT2D eigenvalue weighted by Crippen LogP contribution is 2.36. The number of para-hydroxylation sites is 1. The summed E-state index contributed by atoms with van der Waals surface area (Å²) < 4.78 is 22.6. The Bertz CT molecular complexity index is 1530. The molecule has 0 fully saturated rings. The lowest BCUT2D eigenvalue weighted by atomic mass is 10.2. The number of ether oxygens (including phenoxy) is 4. The molecule has 9 nitrogen and oxygen atoms in total. The van der Waals surface area contributed by atoms with Crippen molar-refractivity contribution in [3.8, 4) is 23.0 Å². The Morgan fingerprint density at radius 1 is 0.857 bits per heavy atom. The van der Waals surface area contributed by atoms with Gasteiger partial charge in [-0.1, -0.05) is 60.1 Å². The van der Waals surface area contributed by atoms with Crippen LogP contribution in [0.25, 0.3) is 0 Å². The number of anilines is 1. The summed E-state index contributed by atoms with van der Waals surface area (Å²) in [6, 6.07) is 26.9. The molecule has 2 amide bonds. The fourth-order valence-electron chi connectivity index (χ4n) is 3.81. The number of hydrogen-bond donors (Lipinski definition) is 2. The minimum absolute atomic E-state index is 0.210. The van der Waals surface area contributed by atoms with Gasteiger partial charge in [-0.3, -0.25) is 9.59 Å². The van der Waals surface area contributed by atoms with Crippen LogP contribution in [-0.4, -0.2) is 38.4 Å². The molecule has 216 valence electrons. The molecule has 10 heteroatoms. The molecule has 0 heterocycles. The van der Waals surface area contributed by atoms with Gasteiger partial charge >= 0.3 is 0 Å². The van der Waals surface area contributed by atoms with Crippen molar-refractivity contribution in [3.05, 3.63) is 113 Å². The summed E-state index contributed by atoms with van der Waals surface area (Å²) in [6.07, 6.45) is 1.42. The van der Waals surface area contributed by atoms with Crippen LogP contribution in [-0.2, 0) is 11.4 Å². The van der Waals surface area contributed by atoms with Crippen molar-refractivity contribution in [3.63, 3.8) is 0 Å². The predicted octanol–water partition coefficient (Wildman–Crippen LogP) is 6.11. The van der Waals surface area contributed by atoms with Gasteiger partial charge in [-0.05, 0) is 60.5 Å².